The summed E-state index contributed by atoms with van der Waals surface area (Å²) in [5, 5.41) is 0. The SMILES string of the molecule is CC(=O)N=C(N)Cc1ccccc1F. The summed E-state index contributed by atoms with van der Waals surface area (Å²) in [6, 6.07) is 6.25. The maximum Gasteiger partial charge on any atom is 0.244 e. The van der Waals surface area contributed by atoms with Gasteiger partial charge < -0.3 is 5.73 Å². The fourth-order valence-corrected chi connectivity index (χ4v) is 1.08. The van der Waals surface area contributed by atoms with Crippen molar-refractivity contribution in [3.8, 4) is 0 Å². The second-order valence-electron chi connectivity index (χ2n) is 2.89. The third-order valence-corrected chi connectivity index (χ3v) is 1.63. The molecule has 0 radical (unpaired) electrons. The molecule has 0 fully saturated rings. The molecule has 0 bridgehead atoms. The Morgan fingerprint density at radius 2 is 2.14 bits per heavy atom. The van der Waals surface area contributed by atoms with Gasteiger partial charge in [0.1, 0.15) is 11.7 Å². The number of hydrogen-bond donors (Lipinski definition) is 1. The van der Waals surface area contributed by atoms with E-state index in [-0.39, 0.29) is 24.0 Å². The van der Waals surface area contributed by atoms with Crippen LogP contribution in [0, 0.1) is 5.82 Å². The smallest absolute Gasteiger partial charge is 0.244 e. The Balaban J connectivity index is 2.79. The molecule has 0 saturated heterocycles. The Morgan fingerprint density at radius 3 is 2.71 bits per heavy atom. The number of nitrogens with zero attached hydrogens (tertiary/aromatic N) is 1. The number of amides is 1. The number of halogens is 1. The monoisotopic (exact) mass is 194 g/mol. The van der Waals surface area contributed by atoms with Crippen molar-refractivity contribution in [2.24, 2.45) is 10.7 Å². The summed E-state index contributed by atoms with van der Waals surface area (Å²) < 4.78 is 13.1. The molecule has 0 aromatic heterocycles. The summed E-state index contributed by atoms with van der Waals surface area (Å²) in [5.74, 6) is -0.587. The average molecular weight is 194 g/mol. The van der Waals surface area contributed by atoms with Crippen LogP contribution in [0.5, 0.6) is 0 Å². The Bertz CT molecular complexity index is 374. The quantitative estimate of drug-likeness (QED) is 0.569. The number of aliphatic imine (C=N–C) groups is 1. The lowest BCUT2D eigenvalue weighted by atomic mass is 10.1. The number of hydrogen-bond acceptors (Lipinski definition) is 1. The minimum absolute atomic E-state index is 0.127. The largest absolute Gasteiger partial charge is 0.387 e. The molecular formula is C10H11FN2O. The predicted octanol–water partition coefficient (Wildman–Crippen LogP) is 1.27. The molecule has 0 atom stereocenters. The molecule has 0 heterocycles. The molecule has 3 nitrogen and oxygen atoms in total. The van der Waals surface area contributed by atoms with Gasteiger partial charge in [-0.25, -0.2) is 9.38 Å². The van der Waals surface area contributed by atoms with Crippen LogP contribution in [0.2, 0.25) is 0 Å². The topological polar surface area (TPSA) is 55.5 Å². The molecule has 0 spiro atoms. The van der Waals surface area contributed by atoms with Gasteiger partial charge in [0.15, 0.2) is 0 Å². The van der Waals surface area contributed by atoms with Crippen molar-refractivity contribution in [2.75, 3.05) is 0 Å². The van der Waals surface area contributed by atoms with E-state index in [9.17, 15) is 9.18 Å². The molecule has 0 saturated carbocycles. The molecule has 1 rings (SSSR count). The van der Waals surface area contributed by atoms with E-state index in [2.05, 4.69) is 4.99 Å². The van der Waals surface area contributed by atoms with Crippen molar-refractivity contribution in [2.45, 2.75) is 13.3 Å². The van der Waals surface area contributed by atoms with Crippen LogP contribution in [0.1, 0.15) is 12.5 Å². The van der Waals surface area contributed by atoms with E-state index in [1.54, 1.807) is 18.2 Å². The fourth-order valence-electron chi connectivity index (χ4n) is 1.08. The molecule has 14 heavy (non-hydrogen) atoms. The van der Waals surface area contributed by atoms with Gasteiger partial charge >= 0.3 is 0 Å². The average Bonchev–Trinajstić information content (AvgIpc) is 2.07. The van der Waals surface area contributed by atoms with Crippen LogP contribution in [0.4, 0.5) is 4.39 Å². The number of benzene rings is 1. The lowest BCUT2D eigenvalue weighted by Gasteiger charge is -2.01. The minimum Gasteiger partial charge on any atom is -0.387 e. The number of amidine groups is 1. The Labute approximate surface area is 81.5 Å². The predicted molar refractivity (Wildman–Crippen MR) is 52.4 cm³/mol. The highest BCUT2D eigenvalue weighted by Gasteiger charge is 2.03. The number of carbonyl (C=O) groups excluding carboxylic acids is 1. The molecule has 0 unspecified atom stereocenters. The number of carbonyl (C=O) groups is 1. The summed E-state index contributed by atoms with van der Waals surface area (Å²) in [6.07, 6.45) is 0.159. The van der Waals surface area contributed by atoms with Crippen molar-refractivity contribution in [1.82, 2.24) is 0 Å². The Hall–Kier alpha value is -1.71. The van der Waals surface area contributed by atoms with Gasteiger partial charge in [0, 0.05) is 13.3 Å². The van der Waals surface area contributed by atoms with Gasteiger partial charge in [-0.05, 0) is 11.6 Å². The van der Waals surface area contributed by atoms with Gasteiger partial charge in [0.05, 0.1) is 0 Å². The number of nitrogens with two attached hydrogens (primary N) is 1. The highest BCUT2D eigenvalue weighted by Crippen LogP contribution is 2.06. The molecule has 0 aliphatic carbocycles. The van der Waals surface area contributed by atoms with Gasteiger partial charge in [-0.3, -0.25) is 4.79 Å². The van der Waals surface area contributed by atoms with Crippen LogP contribution >= 0.6 is 0 Å². The van der Waals surface area contributed by atoms with Gasteiger partial charge in [-0.15, -0.1) is 0 Å². The van der Waals surface area contributed by atoms with Gasteiger partial charge in [0.25, 0.3) is 0 Å². The first-order valence-corrected chi connectivity index (χ1v) is 4.16. The zero-order valence-electron chi connectivity index (χ0n) is 7.83. The summed E-state index contributed by atoms with van der Waals surface area (Å²) in [4.78, 5) is 14.1. The summed E-state index contributed by atoms with van der Waals surface area (Å²) in [6.45, 7) is 1.30. The molecule has 74 valence electrons. The van der Waals surface area contributed by atoms with Crippen molar-refractivity contribution in [3.05, 3.63) is 35.6 Å². The number of rotatable bonds is 2. The summed E-state index contributed by atoms with van der Waals surface area (Å²) in [7, 11) is 0. The zero-order chi connectivity index (χ0) is 10.6. The van der Waals surface area contributed by atoms with E-state index in [0.29, 0.717) is 5.56 Å². The lowest BCUT2D eigenvalue weighted by molar-refractivity contribution is -0.115. The van der Waals surface area contributed by atoms with E-state index in [0.717, 1.165) is 0 Å². The molecule has 1 aromatic carbocycles. The molecule has 0 aliphatic rings. The standard InChI is InChI=1S/C10H11FN2O/c1-7(14)13-10(12)6-8-4-2-3-5-9(8)11/h2-5H,6H2,1H3,(H2,12,13,14). The molecule has 2 N–H and O–H groups in total. The normalized spacial score (nSPS) is 11.4. The van der Waals surface area contributed by atoms with E-state index < -0.39 is 0 Å². The zero-order valence-corrected chi connectivity index (χ0v) is 7.83. The molecule has 1 amide bonds. The lowest BCUT2D eigenvalue weighted by Crippen LogP contribution is -2.17. The summed E-state index contributed by atoms with van der Waals surface area (Å²) in [5.41, 5.74) is 5.88. The van der Waals surface area contributed by atoms with E-state index in [1.165, 1.54) is 13.0 Å². The first-order chi connectivity index (χ1) is 6.59. The highest BCUT2D eigenvalue weighted by atomic mass is 19.1. The second kappa shape index (κ2) is 4.50. The molecule has 0 aliphatic heterocycles. The first kappa shape index (κ1) is 10.4. The van der Waals surface area contributed by atoms with E-state index >= 15 is 0 Å². The van der Waals surface area contributed by atoms with Crippen molar-refractivity contribution in [3.63, 3.8) is 0 Å². The van der Waals surface area contributed by atoms with Crippen LogP contribution in [0.15, 0.2) is 29.3 Å². The molecular weight excluding hydrogens is 183 g/mol. The van der Waals surface area contributed by atoms with Crippen LogP contribution in [-0.2, 0) is 11.2 Å². The Kier molecular flexibility index (Phi) is 3.34. The van der Waals surface area contributed by atoms with Crippen molar-refractivity contribution < 1.29 is 9.18 Å². The van der Waals surface area contributed by atoms with E-state index in [4.69, 9.17) is 5.73 Å². The van der Waals surface area contributed by atoms with Crippen LogP contribution in [0.25, 0.3) is 0 Å². The van der Waals surface area contributed by atoms with Crippen molar-refractivity contribution >= 4 is 11.7 Å². The third kappa shape index (κ3) is 2.97. The highest BCUT2D eigenvalue weighted by molar-refractivity contribution is 5.93. The van der Waals surface area contributed by atoms with Crippen molar-refractivity contribution in [1.29, 1.82) is 0 Å². The third-order valence-electron chi connectivity index (χ3n) is 1.63. The minimum atomic E-state index is -0.376. The van der Waals surface area contributed by atoms with Crippen LogP contribution in [-0.4, -0.2) is 11.7 Å². The van der Waals surface area contributed by atoms with Crippen LogP contribution < -0.4 is 5.73 Å². The second-order valence-corrected chi connectivity index (χ2v) is 2.89. The van der Waals surface area contributed by atoms with Gasteiger partial charge in [-0.2, -0.15) is 0 Å². The summed E-state index contributed by atoms with van der Waals surface area (Å²) >= 11 is 0. The van der Waals surface area contributed by atoms with Gasteiger partial charge in [0.2, 0.25) is 5.91 Å². The first-order valence-electron chi connectivity index (χ1n) is 4.16. The fraction of sp³-hybridized carbons (Fsp3) is 0.200. The molecule has 4 heteroatoms. The van der Waals surface area contributed by atoms with Crippen LogP contribution in [0.3, 0.4) is 0 Å². The Morgan fingerprint density at radius 1 is 1.50 bits per heavy atom. The maximum atomic E-state index is 13.1. The maximum absolute atomic E-state index is 13.1. The van der Waals surface area contributed by atoms with E-state index in [1.807, 2.05) is 0 Å². The molecule has 1 aromatic rings. The van der Waals surface area contributed by atoms with Gasteiger partial charge in [-0.1, -0.05) is 18.2 Å².